The van der Waals surface area contributed by atoms with Gasteiger partial charge in [-0.1, -0.05) is 17.7 Å². The molecular formula is C17H17FN4. The summed E-state index contributed by atoms with van der Waals surface area (Å²) in [6.07, 6.45) is 1.37. The molecule has 0 bridgehead atoms. The van der Waals surface area contributed by atoms with Crippen molar-refractivity contribution in [1.29, 1.82) is 0 Å². The van der Waals surface area contributed by atoms with Crippen LogP contribution in [0, 0.1) is 33.5 Å². The zero-order chi connectivity index (χ0) is 15.9. The molecule has 0 N–H and O–H groups in total. The van der Waals surface area contributed by atoms with Crippen LogP contribution in [0.4, 0.5) is 15.9 Å². The Morgan fingerprint density at radius 1 is 1.00 bits per heavy atom. The van der Waals surface area contributed by atoms with Gasteiger partial charge in [0.25, 0.3) is 0 Å². The molecule has 4 nitrogen and oxygen atoms in total. The number of fused-ring (bicyclic) bond motifs is 1. The lowest BCUT2D eigenvalue weighted by atomic mass is 10.1. The van der Waals surface area contributed by atoms with E-state index in [-0.39, 0.29) is 5.82 Å². The third kappa shape index (κ3) is 2.50. The molecule has 0 unspecified atom stereocenters. The molecule has 22 heavy (non-hydrogen) atoms. The average molecular weight is 296 g/mol. The van der Waals surface area contributed by atoms with Crippen molar-refractivity contribution in [1.82, 2.24) is 9.38 Å². The zero-order valence-electron chi connectivity index (χ0n) is 13.1. The van der Waals surface area contributed by atoms with E-state index in [1.54, 1.807) is 10.5 Å². The molecule has 2 heterocycles. The molecule has 0 aliphatic rings. The summed E-state index contributed by atoms with van der Waals surface area (Å²) >= 11 is 0. The van der Waals surface area contributed by atoms with Gasteiger partial charge in [0.1, 0.15) is 11.5 Å². The van der Waals surface area contributed by atoms with Crippen LogP contribution in [-0.4, -0.2) is 9.38 Å². The molecule has 0 aliphatic heterocycles. The second-order valence-electron chi connectivity index (χ2n) is 5.54. The van der Waals surface area contributed by atoms with Crippen LogP contribution in [0.1, 0.15) is 22.4 Å². The van der Waals surface area contributed by atoms with E-state index in [4.69, 9.17) is 0 Å². The fraction of sp³-hybridized carbons (Fsp3) is 0.235. The van der Waals surface area contributed by atoms with Crippen molar-refractivity contribution in [2.45, 2.75) is 27.7 Å². The number of rotatable bonds is 2. The molecular weight excluding hydrogens is 279 g/mol. The largest absolute Gasteiger partial charge is 0.280 e. The highest BCUT2D eigenvalue weighted by Crippen LogP contribution is 2.28. The van der Waals surface area contributed by atoms with Crippen molar-refractivity contribution in [3.8, 4) is 0 Å². The van der Waals surface area contributed by atoms with Crippen molar-refractivity contribution in [2.75, 3.05) is 0 Å². The van der Waals surface area contributed by atoms with Gasteiger partial charge in [0, 0.05) is 6.20 Å². The lowest BCUT2D eigenvalue weighted by Gasteiger charge is -2.05. The minimum Gasteiger partial charge on any atom is -0.280 e. The Hall–Kier alpha value is -2.56. The summed E-state index contributed by atoms with van der Waals surface area (Å²) in [5, 5.41) is 8.69. The summed E-state index contributed by atoms with van der Waals surface area (Å²) < 4.78 is 15.1. The molecule has 3 rings (SSSR count). The van der Waals surface area contributed by atoms with Crippen molar-refractivity contribution in [3.05, 3.63) is 58.7 Å². The number of aryl methyl sites for hydroxylation is 4. The number of azo groups is 1. The van der Waals surface area contributed by atoms with Gasteiger partial charge in [-0.05, 0) is 51.0 Å². The van der Waals surface area contributed by atoms with Crippen LogP contribution < -0.4 is 0 Å². The van der Waals surface area contributed by atoms with Crippen molar-refractivity contribution in [3.63, 3.8) is 0 Å². The summed E-state index contributed by atoms with van der Waals surface area (Å²) in [6.45, 7) is 7.91. The van der Waals surface area contributed by atoms with Gasteiger partial charge in [-0.15, -0.1) is 10.2 Å². The second-order valence-corrected chi connectivity index (χ2v) is 5.54. The highest BCUT2D eigenvalue weighted by Gasteiger charge is 2.09. The van der Waals surface area contributed by atoms with Crippen molar-refractivity contribution >= 4 is 17.2 Å². The third-order valence-corrected chi connectivity index (χ3v) is 3.61. The third-order valence-electron chi connectivity index (χ3n) is 3.61. The molecule has 0 aliphatic carbocycles. The van der Waals surface area contributed by atoms with Gasteiger partial charge in [-0.25, -0.2) is 9.37 Å². The fourth-order valence-corrected chi connectivity index (χ4v) is 2.67. The predicted octanol–water partition coefficient (Wildman–Crippen LogP) is 5.12. The molecule has 0 amide bonds. The first-order valence-electron chi connectivity index (χ1n) is 7.09. The number of nitrogens with zero attached hydrogens (tertiary/aromatic N) is 4. The minimum absolute atomic E-state index is 0.330. The number of aromatic nitrogens is 2. The summed E-state index contributed by atoms with van der Waals surface area (Å²) in [5.41, 5.74) is 5.55. The van der Waals surface area contributed by atoms with Gasteiger partial charge >= 0.3 is 0 Å². The first-order valence-corrected chi connectivity index (χ1v) is 7.09. The first-order chi connectivity index (χ1) is 10.5. The van der Waals surface area contributed by atoms with Crippen LogP contribution in [0.25, 0.3) is 5.65 Å². The number of halogens is 1. The maximum absolute atomic E-state index is 13.4. The lowest BCUT2D eigenvalue weighted by Crippen LogP contribution is -1.86. The number of benzene rings is 1. The normalized spacial score (nSPS) is 11.7. The van der Waals surface area contributed by atoms with Crippen LogP contribution in [0.3, 0.4) is 0 Å². The smallest absolute Gasteiger partial charge is 0.182 e. The van der Waals surface area contributed by atoms with Gasteiger partial charge in [-0.3, -0.25) is 4.40 Å². The average Bonchev–Trinajstić information content (AvgIpc) is 2.73. The Balaban J connectivity index is 2.10. The van der Waals surface area contributed by atoms with Crippen molar-refractivity contribution in [2.24, 2.45) is 10.2 Å². The first kappa shape index (κ1) is 14.4. The lowest BCUT2D eigenvalue weighted by molar-refractivity contribution is 0.619. The van der Waals surface area contributed by atoms with Crippen LogP contribution in [0.15, 0.2) is 40.7 Å². The van der Waals surface area contributed by atoms with E-state index in [9.17, 15) is 4.39 Å². The van der Waals surface area contributed by atoms with Crippen molar-refractivity contribution < 1.29 is 4.39 Å². The Morgan fingerprint density at radius 2 is 1.68 bits per heavy atom. The van der Waals surface area contributed by atoms with E-state index < -0.39 is 0 Å². The van der Waals surface area contributed by atoms with Crippen LogP contribution in [-0.2, 0) is 0 Å². The van der Waals surface area contributed by atoms with E-state index in [2.05, 4.69) is 34.3 Å². The van der Waals surface area contributed by atoms with Gasteiger partial charge in [-0.2, -0.15) is 0 Å². The Morgan fingerprint density at radius 3 is 2.36 bits per heavy atom. The summed E-state index contributed by atoms with van der Waals surface area (Å²) in [6, 6.07) is 7.16. The Bertz CT molecular complexity index is 870. The highest BCUT2D eigenvalue weighted by atomic mass is 19.1. The van der Waals surface area contributed by atoms with E-state index in [1.807, 2.05) is 20.8 Å². The van der Waals surface area contributed by atoms with Crippen LogP contribution >= 0.6 is 0 Å². The molecule has 2 aromatic heterocycles. The van der Waals surface area contributed by atoms with Crippen LogP contribution in [0.2, 0.25) is 0 Å². The quantitative estimate of drug-likeness (QED) is 0.605. The molecule has 0 saturated heterocycles. The van der Waals surface area contributed by atoms with E-state index >= 15 is 0 Å². The summed E-state index contributed by atoms with van der Waals surface area (Å²) in [4.78, 5) is 4.37. The Labute approximate surface area is 128 Å². The molecule has 5 heteroatoms. The van der Waals surface area contributed by atoms with Gasteiger partial charge in [0.15, 0.2) is 5.82 Å². The molecule has 1 aromatic carbocycles. The predicted molar refractivity (Wildman–Crippen MR) is 84.7 cm³/mol. The van der Waals surface area contributed by atoms with E-state index in [1.165, 1.54) is 17.8 Å². The molecule has 0 atom stereocenters. The standard InChI is InChI=1S/C17H17FN4/c1-10-7-11(2)16(12(3)8-10)20-21-17-13(4)19-15-6-5-14(18)9-22(15)17/h5-9H,1-4H3. The topological polar surface area (TPSA) is 42.0 Å². The number of hydrogen-bond donors (Lipinski definition) is 0. The van der Waals surface area contributed by atoms with Gasteiger partial charge < -0.3 is 0 Å². The second kappa shape index (κ2) is 5.33. The molecule has 3 aromatic rings. The molecule has 0 saturated carbocycles. The highest BCUT2D eigenvalue weighted by molar-refractivity contribution is 5.55. The number of pyridine rings is 1. The fourth-order valence-electron chi connectivity index (χ4n) is 2.67. The number of hydrogen-bond acceptors (Lipinski definition) is 3. The van der Waals surface area contributed by atoms with E-state index in [0.717, 1.165) is 22.5 Å². The SMILES string of the molecule is Cc1cc(C)c(N=Nc2c(C)nc3ccc(F)cn23)c(C)c1. The monoisotopic (exact) mass is 296 g/mol. The van der Waals surface area contributed by atoms with Gasteiger partial charge in [0.2, 0.25) is 0 Å². The molecule has 0 spiro atoms. The molecule has 112 valence electrons. The maximum Gasteiger partial charge on any atom is 0.182 e. The van der Waals surface area contributed by atoms with Gasteiger partial charge in [0.05, 0.1) is 11.4 Å². The minimum atomic E-state index is -0.330. The Kier molecular flexibility index (Phi) is 3.48. The van der Waals surface area contributed by atoms with E-state index in [0.29, 0.717) is 11.5 Å². The van der Waals surface area contributed by atoms with Crippen LogP contribution in [0.5, 0.6) is 0 Å². The molecule has 0 radical (unpaired) electrons. The maximum atomic E-state index is 13.4. The zero-order valence-corrected chi connectivity index (χ0v) is 13.1. The number of imidazole rings is 1. The summed E-state index contributed by atoms with van der Waals surface area (Å²) in [7, 11) is 0. The summed E-state index contributed by atoms with van der Waals surface area (Å²) in [5.74, 6) is 0.220. The molecule has 0 fully saturated rings.